The summed E-state index contributed by atoms with van der Waals surface area (Å²) in [6, 6.07) is 14.5. The van der Waals surface area contributed by atoms with Gasteiger partial charge in [0.25, 0.3) is 5.91 Å². The van der Waals surface area contributed by atoms with Crippen LogP contribution in [0.25, 0.3) is 0 Å². The number of hydrogen-bond donors (Lipinski definition) is 2. The SMILES string of the molecule is C[C@@H](NC(=O)c1ccccc1F)c1nnc(SCC(=O)Nc2ccccc2)n1C. The first-order chi connectivity index (χ1) is 14.0. The molecule has 1 atom stereocenters. The number of para-hydroxylation sites is 1. The molecule has 0 radical (unpaired) electrons. The van der Waals surface area contributed by atoms with Crippen LogP contribution < -0.4 is 10.6 Å². The van der Waals surface area contributed by atoms with Gasteiger partial charge in [0, 0.05) is 12.7 Å². The van der Waals surface area contributed by atoms with Crippen molar-refractivity contribution in [1.82, 2.24) is 20.1 Å². The molecule has 2 aromatic carbocycles. The molecular formula is C20H20FN5O2S. The van der Waals surface area contributed by atoms with Crippen LogP contribution in [0.2, 0.25) is 0 Å². The Bertz CT molecular complexity index is 1010. The van der Waals surface area contributed by atoms with Crippen LogP contribution in [0.5, 0.6) is 0 Å². The quantitative estimate of drug-likeness (QED) is 0.581. The molecule has 1 heterocycles. The lowest BCUT2D eigenvalue weighted by atomic mass is 10.2. The molecule has 9 heteroatoms. The van der Waals surface area contributed by atoms with E-state index < -0.39 is 17.8 Å². The van der Waals surface area contributed by atoms with E-state index in [1.54, 1.807) is 24.6 Å². The maximum atomic E-state index is 13.8. The summed E-state index contributed by atoms with van der Waals surface area (Å²) in [7, 11) is 1.75. The van der Waals surface area contributed by atoms with Crippen LogP contribution in [0.4, 0.5) is 10.1 Å². The summed E-state index contributed by atoms with van der Waals surface area (Å²) in [6.07, 6.45) is 0. The van der Waals surface area contributed by atoms with Crippen molar-refractivity contribution in [2.24, 2.45) is 7.05 Å². The number of aromatic nitrogens is 3. The Kier molecular flexibility index (Phi) is 6.61. The van der Waals surface area contributed by atoms with Gasteiger partial charge in [0.2, 0.25) is 5.91 Å². The Balaban J connectivity index is 1.59. The summed E-state index contributed by atoms with van der Waals surface area (Å²) in [5, 5.41) is 14.2. The van der Waals surface area contributed by atoms with Gasteiger partial charge < -0.3 is 15.2 Å². The van der Waals surface area contributed by atoms with Crippen molar-refractivity contribution in [2.75, 3.05) is 11.1 Å². The minimum atomic E-state index is -0.587. The van der Waals surface area contributed by atoms with Gasteiger partial charge in [-0.3, -0.25) is 9.59 Å². The monoisotopic (exact) mass is 413 g/mol. The topological polar surface area (TPSA) is 88.9 Å². The van der Waals surface area contributed by atoms with Gasteiger partial charge in [0.05, 0.1) is 17.4 Å². The molecule has 2 amide bonds. The van der Waals surface area contributed by atoms with Gasteiger partial charge in [-0.15, -0.1) is 10.2 Å². The Morgan fingerprint density at radius 3 is 2.52 bits per heavy atom. The summed E-state index contributed by atoms with van der Waals surface area (Å²) in [5.74, 6) is -0.616. The molecule has 3 rings (SSSR count). The second kappa shape index (κ2) is 9.33. The van der Waals surface area contributed by atoms with E-state index in [2.05, 4.69) is 20.8 Å². The van der Waals surface area contributed by atoms with Crippen molar-refractivity contribution < 1.29 is 14.0 Å². The van der Waals surface area contributed by atoms with Gasteiger partial charge in [0.15, 0.2) is 11.0 Å². The molecule has 0 spiro atoms. The Morgan fingerprint density at radius 2 is 1.79 bits per heavy atom. The van der Waals surface area contributed by atoms with Crippen molar-refractivity contribution in [3.05, 3.63) is 71.8 Å². The van der Waals surface area contributed by atoms with E-state index >= 15 is 0 Å². The third-order valence-electron chi connectivity index (χ3n) is 4.11. The van der Waals surface area contributed by atoms with Crippen molar-refractivity contribution in [3.8, 4) is 0 Å². The molecule has 0 aliphatic heterocycles. The van der Waals surface area contributed by atoms with E-state index in [1.165, 1.54) is 30.0 Å². The molecular weight excluding hydrogens is 393 g/mol. The Labute approximate surface area is 171 Å². The summed E-state index contributed by atoms with van der Waals surface area (Å²) in [6.45, 7) is 1.74. The van der Waals surface area contributed by atoms with Crippen LogP contribution in [0.15, 0.2) is 59.8 Å². The zero-order valence-corrected chi connectivity index (χ0v) is 16.7. The highest BCUT2D eigenvalue weighted by atomic mass is 32.2. The van der Waals surface area contributed by atoms with Gasteiger partial charge in [-0.05, 0) is 31.2 Å². The number of hydrogen-bond acceptors (Lipinski definition) is 5. The number of anilines is 1. The van der Waals surface area contributed by atoms with Crippen molar-refractivity contribution in [3.63, 3.8) is 0 Å². The summed E-state index contributed by atoms with van der Waals surface area (Å²) in [5.41, 5.74) is 0.690. The average Bonchev–Trinajstić information content (AvgIpc) is 3.08. The van der Waals surface area contributed by atoms with Gasteiger partial charge in [0.1, 0.15) is 5.82 Å². The molecule has 0 bridgehead atoms. The first kappa shape index (κ1) is 20.5. The van der Waals surface area contributed by atoms with Crippen molar-refractivity contribution >= 4 is 29.3 Å². The number of thioether (sulfide) groups is 1. The molecule has 7 nitrogen and oxygen atoms in total. The predicted molar refractivity (Wildman–Crippen MR) is 109 cm³/mol. The molecule has 0 aliphatic carbocycles. The van der Waals surface area contributed by atoms with Crippen LogP contribution in [0, 0.1) is 5.82 Å². The molecule has 29 heavy (non-hydrogen) atoms. The van der Waals surface area contributed by atoms with Crippen LogP contribution in [-0.2, 0) is 11.8 Å². The van der Waals surface area contributed by atoms with Gasteiger partial charge >= 0.3 is 0 Å². The normalized spacial score (nSPS) is 11.7. The molecule has 2 N–H and O–H groups in total. The van der Waals surface area contributed by atoms with Crippen LogP contribution in [0.1, 0.15) is 29.1 Å². The Hall–Kier alpha value is -3.20. The summed E-state index contributed by atoms with van der Waals surface area (Å²) in [4.78, 5) is 24.4. The number of halogens is 1. The van der Waals surface area contributed by atoms with Gasteiger partial charge in [-0.25, -0.2) is 4.39 Å². The molecule has 0 saturated heterocycles. The lowest BCUT2D eigenvalue weighted by Gasteiger charge is -2.14. The fourth-order valence-corrected chi connectivity index (χ4v) is 3.38. The highest BCUT2D eigenvalue weighted by Crippen LogP contribution is 2.20. The van der Waals surface area contributed by atoms with E-state index in [-0.39, 0.29) is 17.2 Å². The number of benzene rings is 2. The summed E-state index contributed by atoms with van der Waals surface area (Å²) < 4.78 is 15.5. The molecule has 0 aliphatic rings. The molecule has 0 saturated carbocycles. The highest BCUT2D eigenvalue weighted by molar-refractivity contribution is 7.99. The fourth-order valence-electron chi connectivity index (χ4n) is 2.66. The van der Waals surface area contributed by atoms with Crippen LogP contribution in [-0.4, -0.2) is 32.3 Å². The maximum absolute atomic E-state index is 13.8. The minimum absolute atomic E-state index is 0.0336. The second-order valence-corrected chi connectivity index (χ2v) is 7.22. The molecule has 0 unspecified atom stereocenters. The maximum Gasteiger partial charge on any atom is 0.254 e. The standard InChI is InChI=1S/C20H20FN5O2S/c1-13(22-19(28)15-10-6-7-11-16(15)21)18-24-25-20(26(18)2)29-12-17(27)23-14-8-4-3-5-9-14/h3-11,13H,12H2,1-2H3,(H,22,28)(H,23,27)/t13-/m1/s1. The molecule has 0 fully saturated rings. The first-order valence-corrected chi connectivity index (χ1v) is 9.86. The second-order valence-electron chi connectivity index (χ2n) is 6.28. The van der Waals surface area contributed by atoms with E-state index in [9.17, 15) is 14.0 Å². The zero-order chi connectivity index (χ0) is 20.8. The number of carbonyl (C=O) groups excluding carboxylic acids is 2. The number of rotatable bonds is 7. The number of carbonyl (C=O) groups is 2. The third-order valence-corrected chi connectivity index (χ3v) is 5.13. The van der Waals surface area contributed by atoms with Crippen LogP contribution in [0.3, 0.4) is 0 Å². The predicted octanol–water partition coefficient (Wildman–Crippen LogP) is 3.18. The first-order valence-electron chi connectivity index (χ1n) is 8.88. The minimum Gasteiger partial charge on any atom is -0.342 e. The number of nitrogens with one attached hydrogen (secondary N) is 2. The number of nitrogens with zero attached hydrogens (tertiary/aromatic N) is 3. The van der Waals surface area contributed by atoms with Gasteiger partial charge in [-0.1, -0.05) is 42.1 Å². The third kappa shape index (κ3) is 5.20. The van der Waals surface area contributed by atoms with E-state index in [0.717, 1.165) is 5.69 Å². The highest BCUT2D eigenvalue weighted by Gasteiger charge is 2.20. The Morgan fingerprint density at radius 1 is 1.10 bits per heavy atom. The molecule has 3 aromatic rings. The fraction of sp³-hybridized carbons (Fsp3) is 0.200. The smallest absolute Gasteiger partial charge is 0.254 e. The number of amides is 2. The van der Waals surface area contributed by atoms with E-state index in [0.29, 0.717) is 11.0 Å². The lowest BCUT2D eigenvalue weighted by molar-refractivity contribution is -0.113. The van der Waals surface area contributed by atoms with Gasteiger partial charge in [-0.2, -0.15) is 0 Å². The molecule has 1 aromatic heterocycles. The van der Waals surface area contributed by atoms with Crippen molar-refractivity contribution in [2.45, 2.75) is 18.1 Å². The lowest BCUT2D eigenvalue weighted by Crippen LogP contribution is -2.29. The van der Waals surface area contributed by atoms with E-state index in [1.807, 2.05) is 30.3 Å². The van der Waals surface area contributed by atoms with E-state index in [4.69, 9.17) is 0 Å². The van der Waals surface area contributed by atoms with Crippen LogP contribution >= 0.6 is 11.8 Å². The van der Waals surface area contributed by atoms with Crippen molar-refractivity contribution in [1.29, 1.82) is 0 Å². The largest absolute Gasteiger partial charge is 0.342 e. The average molecular weight is 413 g/mol. The zero-order valence-electron chi connectivity index (χ0n) is 15.9. The summed E-state index contributed by atoms with van der Waals surface area (Å²) >= 11 is 1.23. The molecule has 150 valence electrons.